The molecule has 1 fully saturated rings. The molecule has 0 spiro atoms. The minimum absolute atomic E-state index is 0.0902. The van der Waals surface area contributed by atoms with Crippen molar-refractivity contribution >= 4 is 5.91 Å². The number of hydrogen-bond donors (Lipinski definition) is 1. The van der Waals surface area contributed by atoms with Crippen molar-refractivity contribution in [3.05, 3.63) is 29.8 Å². The van der Waals surface area contributed by atoms with E-state index in [1.807, 2.05) is 0 Å². The lowest BCUT2D eigenvalue weighted by atomic mass is 9.89. The highest BCUT2D eigenvalue weighted by molar-refractivity contribution is 5.86. The van der Waals surface area contributed by atoms with Crippen LogP contribution in [-0.4, -0.2) is 43.2 Å². The molecule has 0 unspecified atom stereocenters. The van der Waals surface area contributed by atoms with E-state index in [0.717, 1.165) is 5.56 Å². The van der Waals surface area contributed by atoms with Gasteiger partial charge in [0.1, 0.15) is 5.75 Å². The minimum atomic E-state index is -2.85. The van der Waals surface area contributed by atoms with Gasteiger partial charge in [-0.1, -0.05) is 12.1 Å². The number of carbonyl (C=O) groups is 1. The standard InChI is InChI=1S/C15H20F2N2O3/c1-19(13(20)15(18)6-8-21-9-7-15)10-11-2-4-12(5-3-11)22-14(16)17/h2-5,14H,6-10,18H2,1H3. The van der Waals surface area contributed by atoms with Gasteiger partial charge >= 0.3 is 6.61 Å². The zero-order valence-electron chi connectivity index (χ0n) is 12.4. The molecule has 1 amide bonds. The molecule has 1 heterocycles. The highest BCUT2D eigenvalue weighted by Crippen LogP contribution is 2.21. The molecular weight excluding hydrogens is 294 g/mol. The number of halogens is 2. The van der Waals surface area contributed by atoms with E-state index in [2.05, 4.69) is 4.74 Å². The Morgan fingerprint density at radius 3 is 2.50 bits per heavy atom. The smallest absolute Gasteiger partial charge is 0.387 e. The maximum absolute atomic E-state index is 12.5. The van der Waals surface area contributed by atoms with E-state index in [1.165, 1.54) is 12.1 Å². The number of amides is 1. The van der Waals surface area contributed by atoms with Gasteiger partial charge in [-0.3, -0.25) is 4.79 Å². The number of alkyl halides is 2. The summed E-state index contributed by atoms with van der Waals surface area (Å²) in [5, 5.41) is 0. The summed E-state index contributed by atoms with van der Waals surface area (Å²) in [5.41, 5.74) is 6.09. The van der Waals surface area contributed by atoms with Crippen molar-refractivity contribution in [1.82, 2.24) is 4.90 Å². The monoisotopic (exact) mass is 314 g/mol. The first-order chi connectivity index (χ1) is 10.4. The van der Waals surface area contributed by atoms with Gasteiger partial charge in [0, 0.05) is 26.8 Å². The van der Waals surface area contributed by atoms with E-state index in [1.54, 1.807) is 24.1 Å². The molecule has 1 aliphatic heterocycles. The summed E-state index contributed by atoms with van der Waals surface area (Å²) in [6.45, 7) is -1.53. The van der Waals surface area contributed by atoms with Crippen LogP contribution in [0.15, 0.2) is 24.3 Å². The number of hydrogen-bond acceptors (Lipinski definition) is 4. The number of benzene rings is 1. The van der Waals surface area contributed by atoms with Crippen molar-refractivity contribution in [2.24, 2.45) is 5.73 Å². The molecular formula is C15H20F2N2O3. The number of nitrogens with zero attached hydrogens (tertiary/aromatic N) is 1. The normalized spacial score (nSPS) is 17.3. The summed E-state index contributed by atoms with van der Waals surface area (Å²) >= 11 is 0. The van der Waals surface area contributed by atoms with Gasteiger partial charge in [-0.15, -0.1) is 0 Å². The van der Waals surface area contributed by atoms with Crippen molar-refractivity contribution in [1.29, 1.82) is 0 Å². The molecule has 0 aromatic heterocycles. The maximum Gasteiger partial charge on any atom is 0.387 e. The van der Waals surface area contributed by atoms with Crippen LogP contribution in [0.5, 0.6) is 5.75 Å². The lowest BCUT2D eigenvalue weighted by molar-refractivity contribution is -0.139. The Bertz CT molecular complexity index is 502. The third-order valence-electron chi connectivity index (χ3n) is 3.73. The number of nitrogens with two attached hydrogens (primary N) is 1. The van der Waals surface area contributed by atoms with E-state index in [9.17, 15) is 13.6 Å². The Morgan fingerprint density at radius 2 is 1.95 bits per heavy atom. The zero-order valence-corrected chi connectivity index (χ0v) is 12.4. The van der Waals surface area contributed by atoms with Crippen LogP contribution in [0.2, 0.25) is 0 Å². The Kier molecular flexibility index (Phi) is 5.31. The third kappa shape index (κ3) is 4.14. The van der Waals surface area contributed by atoms with E-state index in [4.69, 9.17) is 10.5 Å². The van der Waals surface area contributed by atoms with Crippen LogP contribution in [0.25, 0.3) is 0 Å². The molecule has 1 aliphatic rings. The topological polar surface area (TPSA) is 64.8 Å². The van der Waals surface area contributed by atoms with Crippen LogP contribution in [0.4, 0.5) is 8.78 Å². The van der Waals surface area contributed by atoms with Gasteiger partial charge in [-0.2, -0.15) is 8.78 Å². The quantitative estimate of drug-likeness (QED) is 0.899. The third-order valence-corrected chi connectivity index (χ3v) is 3.73. The van der Waals surface area contributed by atoms with Crippen molar-refractivity contribution in [3.63, 3.8) is 0 Å². The summed E-state index contributed by atoms with van der Waals surface area (Å²) in [6, 6.07) is 6.20. The summed E-state index contributed by atoms with van der Waals surface area (Å²) in [7, 11) is 1.68. The first-order valence-corrected chi connectivity index (χ1v) is 7.07. The second-order valence-electron chi connectivity index (χ2n) is 5.45. The molecule has 22 heavy (non-hydrogen) atoms. The van der Waals surface area contributed by atoms with E-state index in [0.29, 0.717) is 32.6 Å². The highest BCUT2D eigenvalue weighted by atomic mass is 19.3. The van der Waals surface area contributed by atoms with Crippen molar-refractivity contribution in [2.75, 3.05) is 20.3 Å². The first-order valence-electron chi connectivity index (χ1n) is 7.07. The van der Waals surface area contributed by atoms with E-state index < -0.39 is 12.2 Å². The predicted octanol–water partition coefficient (Wildman–Crippen LogP) is 1.75. The minimum Gasteiger partial charge on any atom is -0.435 e. The lowest BCUT2D eigenvalue weighted by Crippen LogP contribution is -2.57. The molecule has 5 nitrogen and oxygen atoms in total. The van der Waals surface area contributed by atoms with E-state index >= 15 is 0 Å². The van der Waals surface area contributed by atoms with Crippen LogP contribution in [0, 0.1) is 0 Å². The number of ether oxygens (including phenoxy) is 2. The molecule has 2 N–H and O–H groups in total. The second kappa shape index (κ2) is 7.02. The largest absolute Gasteiger partial charge is 0.435 e. The van der Waals surface area contributed by atoms with Gasteiger partial charge in [0.05, 0.1) is 5.54 Å². The Morgan fingerprint density at radius 1 is 1.36 bits per heavy atom. The average molecular weight is 314 g/mol. The van der Waals surface area contributed by atoms with Gasteiger partial charge in [-0.25, -0.2) is 0 Å². The molecule has 1 aromatic carbocycles. The Labute approximate surface area is 128 Å². The first kappa shape index (κ1) is 16.6. The second-order valence-corrected chi connectivity index (χ2v) is 5.45. The summed E-state index contributed by atoms with van der Waals surface area (Å²) < 4.78 is 33.7. The fourth-order valence-electron chi connectivity index (χ4n) is 2.45. The molecule has 7 heteroatoms. The Hall–Kier alpha value is -1.73. The molecule has 1 aromatic rings. The lowest BCUT2D eigenvalue weighted by Gasteiger charge is -2.35. The number of rotatable bonds is 5. The predicted molar refractivity (Wildman–Crippen MR) is 76.5 cm³/mol. The Balaban J connectivity index is 1.96. The van der Waals surface area contributed by atoms with Crippen LogP contribution >= 0.6 is 0 Å². The van der Waals surface area contributed by atoms with Gasteiger partial charge in [0.15, 0.2) is 0 Å². The SMILES string of the molecule is CN(Cc1ccc(OC(F)F)cc1)C(=O)C1(N)CCOCC1. The molecule has 1 saturated heterocycles. The van der Waals surface area contributed by atoms with E-state index in [-0.39, 0.29) is 11.7 Å². The fourth-order valence-corrected chi connectivity index (χ4v) is 2.45. The van der Waals surface area contributed by atoms with Gasteiger partial charge < -0.3 is 20.1 Å². The number of carbonyl (C=O) groups excluding carboxylic acids is 1. The van der Waals surface area contributed by atoms with Crippen molar-refractivity contribution < 1.29 is 23.0 Å². The van der Waals surface area contributed by atoms with Crippen LogP contribution < -0.4 is 10.5 Å². The molecule has 0 aliphatic carbocycles. The van der Waals surface area contributed by atoms with Gasteiger partial charge in [-0.05, 0) is 30.5 Å². The molecule has 0 bridgehead atoms. The van der Waals surface area contributed by atoms with Gasteiger partial charge in [0.2, 0.25) is 5.91 Å². The highest BCUT2D eigenvalue weighted by Gasteiger charge is 2.37. The van der Waals surface area contributed by atoms with Crippen LogP contribution in [0.3, 0.4) is 0 Å². The zero-order chi connectivity index (χ0) is 16.2. The molecule has 2 rings (SSSR count). The van der Waals surface area contributed by atoms with Crippen molar-refractivity contribution in [2.45, 2.75) is 31.5 Å². The fraction of sp³-hybridized carbons (Fsp3) is 0.533. The van der Waals surface area contributed by atoms with Crippen LogP contribution in [0.1, 0.15) is 18.4 Å². The molecule has 122 valence electrons. The molecule has 0 saturated carbocycles. The molecule has 0 radical (unpaired) electrons. The summed E-state index contributed by atoms with van der Waals surface area (Å²) in [6.07, 6.45) is 0.995. The summed E-state index contributed by atoms with van der Waals surface area (Å²) in [5.74, 6) is -0.0452. The summed E-state index contributed by atoms with van der Waals surface area (Å²) in [4.78, 5) is 14.0. The molecule has 0 atom stereocenters. The average Bonchev–Trinajstić information content (AvgIpc) is 2.48. The number of likely N-dealkylation sites (N-methyl/N-ethyl adjacent to an activating group) is 1. The maximum atomic E-state index is 12.5. The van der Waals surface area contributed by atoms with Gasteiger partial charge in [0.25, 0.3) is 0 Å². The van der Waals surface area contributed by atoms with Crippen molar-refractivity contribution in [3.8, 4) is 5.75 Å². The van der Waals surface area contributed by atoms with Crippen LogP contribution in [-0.2, 0) is 16.1 Å².